The first-order chi connectivity index (χ1) is 46.9. The molecule has 0 aromatic carbocycles. The van der Waals surface area contributed by atoms with Crippen LogP contribution in [0.1, 0.15) is 408 Å². The number of hydrogen-bond donors (Lipinski definition) is 3. The standard InChI is InChI=1S/C78H152O17P2/c1-7-9-11-13-15-16-17-18-19-20-21-22-27-33-38-44-50-56-62-78(83)95-74(67-89-76(81)61-55-49-43-37-32-28-23-25-30-35-41-46-52-58-70(3)4)69-93-97(86,87)91-65-72(79)64-90-96(84,85)92-68-73(66-88-75(80)60-54-48-40-14-12-10-8-2)94-77(82)63-57-51-45-39-34-29-24-26-31-36-42-47-53-59-71(5)6/h70-74,79H,7-69H2,1-6H3,(H,84,85)(H,86,87)/t72-,73+,74+/m0/s1. The quantitative estimate of drug-likeness (QED) is 0.0222. The normalized spacial score (nSPS) is 14.0. The van der Waals surface area contributed by atoms with E-state index in [1.165, 1.54) is 212 Å². The Morgan fingerprint density at radius 1 is 0.278 bits per heavy atom. The lowest BCUT2D eigenvalue weighted by Crippen LogP contribution is -2.30. The molecule has 5 atom stereocenters. The van der Waals surface area contributed by atoms with Crippen LogP contribution in [-0.4, -0.2) is 96.7 Å². The maximum atomic E-state index is 13.1. The molecule has 0 aromatic heterocycles. The minimum atomic E-state index is -4.96. The number of hydrogen-bond acceptors (Lipinski definition) is 15. The molecule has 0 heterocycles. The zero-order valence-corrected chi connectivity index (χ0v) is 65.2. The van der Waals surface area contributed by atoms with Crippen LogP contribution in [0.5, 0.6) is 0 Å². The number of rotatable bonds is 77. The van der Waals surface area contributed by atoms with Gasteiger partial charge in [0.25, 0.3) is 0 Å². The Hall–Kier alpha value is -1.94. The molecule has 0 aromatic rings. The average molecular weight is 1420 g/mol. The highest BCUT2D eigenvalue weighted by molar-refractivity contribution is 7.47. The Balaban J connectivity index is 5.19. The van der Waals surface area contributed by atoms with E-state index in [9.17, 15) is 43.2 Å². The van der Waals surface area contributed by atoms with Gasteiger partial charge in [0.1, 0.15) is 19.3 Å². The molecule has 0 fully saturated rings. The number of aliphatic hydroxyl groups excluding tert-OH is 1. The first-order valence-corrected chi connectivity index (χ1v) is 43.5. The zero-order chi connectivity index (χ0) is 71.4. The second-order valence-electron chi connectivity index (χ2n) is 29.1. The summed E-state index contributed by atoms with van der Waals surface area (Å²) in [6.07, 6.45) is 58.4. The molecule has 0 saturated heterocycles. The fourth-order valence-electron chi connectivity index (χ4n) is 12.0. The molecule has 0 aliphatic rings. The molecule has 0 aliphatic heterocycles. The van der Waals surface area contributed by atoms with Gasteiger partial charge in [0, 0.05) is 25.7 Å². The number of phosphoric ester groups is 2. The van der Waals surface area contributed by atoms with E-state index in [4.69, 9.17) is 37.0 Å². The molecule has 17 nitrogen and oxygen atoms in total. The van der Waals surface area contributed by atoms with Gasteiger partial charge in [0.2, 0.25) is 0 Å². The molecule has 0 radical (unpaired) electrons. The van der Waals surface area contributed by atoms with Crippen LogP contribution < -0.4 is 0 Å². The van der Waals surface area contributed by atoms with Crippen molar-refractivity contribution in [1.82, 2.24) is 0 Å². The summed E-state index contributed by atoms with van der Waals surface area (Å²) in [5.74, 6) is -0.538. The van der Waals surface area contributed by atoms with Crippen molar-refractivity contribution in [3.63, 3.8) is 0 Å². The third kappa shape index (κ3) is 72.2. The molecule has 0 amide bonds. The number of carbonyl (C=O) groups is 4. The van der Waals surface area contributed by atoms with Crippen molar-refractivity contribution in [1.29, 1.82) is 0 Å². The number of esters is 4. The molecule has 2 unspecified atom stereocenters. The second-order valence-corrected chi connectivity index (χ2v) is 32.0. The van der Waals surface area contributed by atoms with Gasteiger partial charge in [-0.1, -0.05) is 356 Å². The first-order valence-electron chi connectivity index (χ1n) is 40.5. The molecule has 97 heavy (non-hydrogen) atoms. The lowest BCUT2D eigenvalue weighted by Gasteiger charge is -2.21. The van der Waals surface area contributed by atoms with E-state index in [1.807, 2.05) is 0 Å². The summed E-state index contributed by atoms with van der Waals surface area (Å²) in [5.41, 5.74) is 0. The summed E-state index contributed by atoms with van der Waals surface area (Å²) < 4.78 is 68.5. The molecule has 0 rings (SSSR count). The van der Waals surface area contributed by atoms with E-state index in [1.54, 1.807) is 0 Å². The minimum Gasteiger partial charge on any atom is -0.462 e. The maximum absolute atomic E-state index is 13.1. The van der Waals surface area contributed by atoms with Crippen LogP contribution in [0.4, 0.5) is 0 Å². The van der Waals surface area contributed by atoms with Crippen LogP contribution >= 0.6 is 15.6 Å². The van der Waals surface area contributed by atoms with Gasteiger partial charge in [-0.3, -0.25) is 37.3 Å². The number of phosphoric acid groups is 2. The van der Waals surface area contributed by atoms with E-state index < -0.39 is 97.5 Å². The number of aliphatic hydroxyl groups is 1. The van der Waals surface area contributed by atoms with Crippen molar-refractivity contribution in [3.8, 4) is 0 Å². The summed E-state index contributed by atoms with van der Waals surface area (Å²) in [5, 5.41) is 10.6. The van der Waals surface area contributed by atoms with Gasteiger partial charge in [-0.05, 0) is 37.5 Å². The molecular formula is C78H152O17P2. The summed E-state index contributed by atoms with van der Waals surface area (Å²) in [6.45, 7) is 9.61. The van der Waals surface area contributed by atoms with Crippen molar-refractivity contribution in [2.45, 2.75) is 426 Å². The summed E-state index contributed by atoms with van der Waals surface area (Å²) in [6, 6.07) is 0. The lowest BCUT2D eigenvalue weighted by molar-refractivity contribution is -0.161. The molecule has 0 spiro atoms. The summed E-state index contributed by atoms with van der Waals surface area (Å²) >= 11 is 0. The Kier molecular flexibility index (Phi) is 68.4. The first kappa shape index (κ1) is 95.1. The molecule has 0 saturated carbocycles. The van der Waals surface area contributed by atoms with Gasteiger partial charge >= 0.3 is 39.5 Å². The zero-order valence-electron chi connectivity index (χ0n) is 63.4. The monoisotopic (exact) mass is 1420 g/mol. The second kappa shape index (κ2) is 69.8. The molecule has 0 bridgehead atoms. The van der Waals surface area contributed by atoms with E-state index in [0.717, 1.165) is 115 Å². The van der Waals surface area contributed by atoms with Crippen molar-refractivity contribution < 1.29 is 80.2 Å². The predicted molar refractivity (Wildman–Crippen MR) is 395 cm³/mol. The molecule has 0 aliphatic carbocycles. The van der Waals surface area contributed by atoms with E-state index in [0.29, 0.717) is 25.7 Å². The molecule has 3 N–H and O–H groups in total. The Morgan fingerprint density at radius 2 is 0.474 bits per heavy atom. The van der Waals surface area contributed by atoms with Crippen LogP contribution in [0.15, 0.2) is 0 Å². The largest absolute Gasteiger partial charge is 0.472 e. The van der Waals surface area contributed by atoms with Gasteiger partial charge in [-0.15, -0.1) is 0 Å². The Labute approximate surface area is 594 Å². The number of carbonyl (C=O) groups excluding carboxylic acids is 4. The maximum Gasteiger partial charge on any atom is 0.472 e. The third-order valence-electron chi connectivity index (χ3n) is 18.2. The van der Waals surface area contributed by atoms with E-state index in [-0.39, 0.29) is 25.7 Å². The van der Waals surface area contributed by atoms with Crippen LogP contribution in [0, 0.1) is 11.8 Å². The highest BCUT2D eigenvalue weighted by Crippen LogP contribution is 2.45. The van der Waals surface area contributed by atoms with Crippen molar-refractivity contribution >= 4 is 39.5 Å². The van der Waals surface area contributed by atoms with Crippen molar-refractivity contribution in [2.75, 3.05) is 39.6 Å². The number of ether oxygens (including phenoxy) is 4. The topological polar surface area (TPSA) is 237 Å². The number of unbranched alkanes of at least 4 members (excludes halogenated alkanes) is 47. The van der Waals surface area contributed by atoms with Gasteiger partial charge < -0.3 is 33.8 Å². The van der Waals surface area contributed by atoms with Crippen LogP contribution in [0.2, 0.25) is 0 Å². The van der Waals surface area contributed by atoms with Gasteiger partial charge in [0.15, 0.2) is 12.2 Å². The lowest BCUT2D eigenvalue weighted by atomic mass is 10.0. The summed E-state index contributed by atoms with van der Waals surface area (Å²) in [4.78, 5) is 72.8. The SMILES string of the molecule is CCCCCCCCCCCCCCCCCCCCC(=O)O[C@H](COC(=O)CCCCCCCCCCCCCCCC(C)C)COP(=O)(O)OC[C@@H](O)COP(=O)(O)OC[C@@H](COC(=O)CCCCCCCCC)OC(=O)CCCCCCCCCCCCCCCC(C)C. The van der Waals surface area contributed by atoms with Gasteiger partial charge in [-0.2, -0.15) is 0 Å². The molecular weight excluding hydrogens is 1270 g/mol. The highest BCUT2D eigenvalue weighted by Gasteiger charge is 2.30. The van der Waals surface area contributed by atoms with Gasteiger partial charge in [-0.25, -0.2) is 9.13 Å². The van der Waals surface area contributed by atoms with E-state index >= 15 is 0 Å². The van der Waals surface area contributed by atoms with E-state index in [2.05, 4.69) is 41.5 Å². The fraction of sp³-hybridized carbons (Fsp3) is 0.949. The van der Waals surface area contributed by atoms with Crippen molar-refractivity contribution in [2.24, 2.45) is 11.8 Å². The van der Waals surface area contributed by atoms with Crippen molar-refractivity contribution in [3.05, 3.63) is 0 Å². The smallest absolute Gasteiger partial charge is 0.462 e. The average Bonchev–Trinajstić information content (AvgIpc) is 1.30. The van der Waals surface area contributed by atoms with Gasteiger partial charge in [0.05, 0.1) is 26.4 Å². The van der Waals surface area contributed by atoms with Crippen LogP contribution in [-0.2, 0) is 65.4 Å². The molecule has 576 valence electrons. The Bertz CT molecular complexity index is 1870. The van der Waals surface area contributed by atoms with Crippen LogP contribution in [0.25, 0.3) is 0 Å². The highest BCUT2D eigenvalue weighted by atomic mass is 31.2. The molecule has 19 heteroatoms. The minimum absolute atomic E-state index is 0.107. The van der Waals surface area contributed by atoms with Crippen LogP contribution in [0.3, 0.4) is 0 Å². The third-order valence-corrected chi connectivity index (χ3v) is 20.1. The fourth-order valence-corrected chi connectivity index (χ4v) is 13.6. The Morgan fingerprint density at radius 3 is 0.701 bits per heavy atom. The predicted octanol–water partition coefficient (Wildman–Crippen LogP) is 23.1. The summed E-state index contributed by atoms with van der Waals surface area (Å²) in [7, 11) is -9.91.